The van der Waals surface area contributed by atoms with E-state index in [4.69, 9.17) is 14.2 Å². The molecule has 1 aromatic rings. The lowest BCUT2D eigenvalue weighted by atomic mass is 9.84. The standard InChI is InChI=1S/C20H30FNO4/c1-6-25-19-16(24-5)9-13-12(18(19)21)7-8-22-11-17(26-20(2,3)4)15(23)10-14(13)22/h9,14-15,17,23H,6-8,10-11H2,1-5H3/t14-,15-,17-/m1/s1. The maximum atomic E-state index is 15.0. The van der Waals surface area contributed by atoms with Crippen molar-refractivity contribution in [2.24, 2.45) is 0 Å². The highest BCUT2D eigenvalue weighted by molar-refractivity contribution is 5.51. The Bertz CT molecular complexity index is 658. The van der Waals surface area contributed by atoms with Crippen LogP contribution in [0.25, 0.3) is 0 Å². The monoisotopic (exact) mass is 367 g/mol. The predicted octanol–water partition coefficient (Wildman–Crippen LogP) is 3.08. The smallest absolute Gasteiger partial charge is 0.197 e. The number of hydrogen-bond donors (Lipinski definition) is 1. The van der Waals surface area contributed by atoms with Crippen molar-refractivity contribution in [2.75, 3.05) is 26.8 Å². The van der Waals surface area contributed by atoms with E-state index < -0.39 is 6.10 Å². The number of methoxy groups -OCH3 is 1. The van der Waals surface area contributed by atoms with Gasteiger partial charge in [-0.05, 0) is 57.7 Å². The van der Waals surface area contributed by atoms with Gasteiger partial charge in [0.15, 0.2) is 17.3 Å². The first kappa shape index (κ1) is 19.4. The molecule has 6 heteroatoms. The normalized spacial score (nSPS) is 26.2. The minimum absolute atomic E-state index is 0.0346. The number of benzene rings is 1. The van der Waals surface area contributed by atoms with Crippen LogP contribution >= 0.6 is 0 Å². The zero-order valence-electron chi connectivity index (χ0n) is 16.3. The van der Waals surface area contributed by atoms with E-state index in [-0.39, 0.29) is 29.3 Å². The van der Waals surface area contributed by atoms with E-state index in [1.807, 2.05) is 33.8 Å². The molecule has 2 heterocycles. The quantitative estimate of drug-likeness (QED) is 0.886. The summed E-state index contributed by atoms with van der Waals surface area (Å²) in [5.41, 5.74) is 1.26. The van der Waals surface area contributed by atoms with Crippen molar-refractivity contribution in [1.82, 2.24) is 4.90 Å². The molecule has 0 aliphatic carbocycles. The van der Waals surface area contributed by atoms with Crippen LogP contribution in [0, 0.1) is 5.82 Å². The molecule has 2 aliphatic rings. The van der Waals surface area contributed by atoms with Gasteiger partial charge in [0.05, 0.1) is 31.5 Å². The second kappa shape index (κ2) is 7.33. The Balaban J connectivity index is 1.91. The van der Waals surface area contributed by atoms with E-state index in [2.05, 4.69) is 4.90 Å². The molecule has 3 rings (SSSR count). The fourth-order valence-electron chi connectivity index (χ4n) is 4.05. The van der Waals surface area contributed by atoms with Gasteiger partial charge in [0.25, 0.3) is 0 Å². The second-order valence-corrected chi connectivity index (χ2v) is 8.06. The van der Waals surface area contributed by atoms with Crippen molar-refractivity contribution in [1.29, 1.82) is 0 Å². The molecule has 0 saturated carbocycles. The van der Waals surface area contributed by atoms with Crippen LogP contribution in [0.1, 0.15) is 51.3 Å². The van der Waals surface area contributed by atoms with Crippen molar-refractivity contribution < 1.29 is 23.7 Å². The maximum Gasteiger partial charge on any atom is 0.197 e. The lowest BCUT2D eigenvalue weighted by Crippen LogP contribution is -2.53. The van der Waals surface area contributed by atoms with Gasteiger partial charge in [-0.15, -0.1) is 0 Å². The number of halogens is 1. The van der Waals surface area contributed by atoms with E-state index in [1.165, 1.54) is 7.11 Å². The van der Waals surface area contributed by atoms with E-state index >= 15 is 4.39 Å². The number of ether oxygens (including phenoxy) is 3. The molecule has 0 unspecified atom stereocenters. The van der Waals surface area contributed by atoms with E-state index in [9.17, 15) is 5.11 Å². The molecule has 146 valence electrons. The molecular weight excluding hydrogens is 337 g/mol. The van der Waals surface area contributed by atoms with Crippen molar-refractivity contribution in [2.45, 2.75) is 64.4 Å². The van der Waals surface area contributed by atoms with Gasteiger partial charge in [-0.25, -0.2) is 4.39 Å². The molecule has 0 bridgehead atoms. The highest BCUT2D eigenvalue weighted by Gasteiger charge is 2.41. The van der Waals surface area contributed by atoms with E-state index in [0.717, 1.165) is 12.1 Å². The SMILES string of the molecule is CCOc1c(OC)cc2c(c1F)CCN1C[C@@H](OC(C)(C)C)[C@H](O)C[C@H]21. The first-order valence-electron chi connectivity index (χ1n) is 9.37. The number of rotatable bonds is 4. The summed E-state index contributed by atoms with van der Waals surface area (Å²) in [6.07, 6.45) is 0.314. The summed E-state index contributed by atoms with van der Waals surface area (Å²) in [6, 6.07) is 1.84. The number of aliphatic hydroxyl groups excluding tert-OH is 1. The molecule has 26 heavy (non-hydrogen) atoms. The maximum absolute atomic E-state index is 15.0. The number of fused-ring (bicyclic) bond motifs is 3. The van der Waals surface area contributed by atoms with Gasteiger partial charge in [-0.1, -0.05) is 0 Å². The third kappa shape index (κ3) is 3.68. The highest BCUT2D eigenvalue weighted by Crippen LogP contribution is 2.44. The van der Waals surface area contributed by atoms with Crippen LogP contribution in [-0.4, -0.2) is 54.6 Å². The molecule has 3 atom stereocenters. The second-order valence-electron chi connectivity index (χ2n) is 8.06. The third-order valence-electron chi connectivity index (χ3n) is 5.09. The van der Waals surface area contributed by atoms with Crippen molar-refractivity contribution in [3.8, 4) is 11.5 Å². The first-order valence-corrected chi connectivity index (χ1v) is 9.37. The Morgan fingerprint density at radius 3 is 2.69 bits per heavy atom. The van der Waals surface area contributed by atoms with E-state index in [1.54, 1.807) is 0 Å². The molecule has 2 aliphatic heterocycles. The molecule has 1 saturated heterocycles. The Morgan fingerprint density at radius 1 is 1.35 bits per heavy atom. The molecule has 1 fully saturated rings. The Hall–Kier alpha value is -1.37. The minimum Gasteiger partial charge on any atom is -0.493 e. The lowest BCUT2D eigenvalue weighted by Gasteiger charge is -2.46. The largest absolute Gasteiger partial charge is 0.493 e. The molecule has 0 spiro atoms. The molecule has 5 nitrogen and oxygen atoms in total. The highest BCUT2D eigenvalue weighted by atomic mass is 19.1. The van der Waals surface area contributed by atoms with E-state index in [0.29, 0.717) is 37.3 Å². The number of hydrogen-bond acceptors (Lipinski definition) is 5. The van der Waals surface area contributed by atoms with Gasteiger partial charge in [0.2, 0.25) is 0 Å². The Morgan fingerprint density at radius 2 is 2.08 bits per heavy atom. The third-order valence-corrected chi connectivity index (χ3v) is 5.09. The van der Waals surface area contributed by atoms with Gasteiger partial charge in [0, 0.05) is 19.1 Å². The van der Waals surface area contributed by atoms with Gasteiger partial charge in [-0.2, -0.15) is 0 Å². The van der Waals surface area contributed by atoms with Crippen molar-refractivity contribution in [3.63, 3.8) is 0 Å². The Kier molecular flexibility index (Phi) is 5.47. The van der Waals surface area contributed by atoms with Crippen molar-refractivity contribution in [3.05, 3.63) is 23.0 Å². The van der Waals surface area contributed by atoms with Crippen LogP contribution in [0.5, 0.6) is 11.5 Å². The van der Waals surface area contributed by atoms with Crippen LogP contribution < -0.4 is 9.47 Å². The number of aliphatic hydroxyl groups is 1. The molecule has 0 aromatic heterocycles. The average Bonchev–Trinajstić information content (AvgIpc) is 2.56. The van der Waals surface area contributed by atoms with Gasteiger partial charge >= 0.3 is 0 Å². The fraction of sp³-hybridized carbons (Fsp3) is 0.700. The number of nitrogens with zero attached hydrogens (tertiary/aromatic N) is 1. The van der Waals surface area contributed by atoms with Crippen molar-refractivity contribution >= 4 is 0 Å². The summed E-state index contributed by atoms with van der Waals surface area (Å²) >= 11 is 0. The minimum atomic E-state index is -0.581. The summed E-state index contributed by atoms with van der Waals surface area (Å²) in [7, 11) is 1.52. The van der Waals surface area contributed by atoms with Gasteiger partial charge in [-0.3, -0.25) is 4.90 Å². The Labute approximate surface area is 155 Å². The van der Waals surface area contributed by atoms with Crippen LogP contribution in [0.4, 0.5) is 4.39 Å². The summed E-state index contributed by atoms with van der Waals surface area (Å²) in [5, 5.41) is 10.6. The first-order chi connectivity index (χ1) is 12.2. The molecule has 1 aromatic carbocycles. The summed E-state index contributed by atoms with van der Waals surface area (Å²) < 4.78 is 31.9. The zero-order valence-corrected chi connectivity index (χ0v) is 16.3. The topological polar surface area (TPSA) is 51.2 Å². The lowest BCUT2D eigenvalue weighted by molar-refractivity contribution is -0.149. The summed E-state index contributed by atoms with van der Waals surface area (Å²) in [5.74, 6) is 0.267. The molecular formula is C20H30FNO4. The summed E-state index contributed by atoms with van der Waals surface area (Å²) in [6.45, 7) is 9.56. The van der Waals surface area contributed by atoms with Gasteiger partial charge in [0.1, 0.15) is 0 Å². The van der Waals surface area contributed by atoms with Crippen LogP contribution in [0.2, 0.25) is 0 Å². The molecule has 0 amide bonds. The average molecular weight is 367 g/mol. The van der Waals surface area contributed by atoms with Gasteiger partial charge < -0.3 is 19.3 Å². The predicted molar refractivity (Wildman–Crippen MR) is 97.4 cm³/mol. The summed E-state index contributed by atoms with van der Waals surface area (Å²) in [4.78, 5) is 2.28. The number of piperidine rings is 1. The van der Waals surface area contributed by atoms with Crippen LogP contribution in [0.15, 0.2) is 6.07 Å². The molecule has 0 radical (unpaired) electrons. The van der Waals surface area contributed by atoms with Crippen LogP contribution in [0.3, 0.4) is 0 Å². The fourth-order valence-corrected chi connectivity index (χ4v) is 4.05. The molecule has 1 N–H and O–H groups in total. The zero-order chi connectivity index (χ0) is 19.1. The van der Waals surface area contributed by atoms with Crippen LogP contribution in [-0.2, 0) is 11.2 Å².